The monoisotopic (exact) mass is 588 g/mol. The van der Waals surface area contributed by atoms with Crippen molar-refractivity contribution in [2.45, 2.75) is 179 Å². The molecule has 0 spiro atoms. The van der Waals surface area contributed by atoms with Gasteiger partial charge in [-0.3, -0.25) is 0 Å². The maximum absolute atomic E-state index is 6.85. The van der Waals surface area contributed by atoms with Crippen LogP contribution in [0.2, 0.25) is 18.1 Å². The van der Waals surface area contributed by atoms with Gasteiger partial charge in [0.15, 0.2) is 19.9 Å². The van der Waals surface area contributed by atoms with Gasteiger partial charge in [-0.2, -0.15) is 0 Å². The molecule has 0 aliphatic carbocycles. The van der Waals surface area contributed by atoms with E-state index in [4.69, 9.17) is 37.6 Å². The normalized spacial score (nSPS) is 33.8. The van der Waals surface area contributed by atoms with Crippen molar-refractivity contribution in [3.05, 3.63) is 0 Å². The van der Waals surface area contributed by atoms with Crippen LogP contribution in [-0.2, 0) is 37.6 Å². The number of fused-ring (bicyclic) bond motifs is 1. The summed E-state index contributed by atoms with van der Waals surface area (Å²) in [5.41, 5.74) is 0. The summed E-state index contributed by atoms with van der Waals surface area (Å²) in [5.74, 6) is -1.34. The first-order chi connectivity index (χ1) is 18.6. The molecule has 0 unspecified atom stereocenters. The lowest BCUT2D eigenvalue weighted by atomic mass is 9.89. The maximum Gasteiger partial charge on any atom is 0.191 e. The summed E-state index contributed by atoms with van der Waals surface area (Å²) in [6.45, 7) is 22.3. The molecule has 3 rings (SSSR count). The fraction of sp³-hybridized carbons (Fsp3) is 1.00. The second-order valence-corrected chi connectivity index (χ2v) is 19.2. The van der Waals surface area contributed by atoms with Gasteiger partial charge in [0.1, 0.15) is 25.1 Å². The lowest BCUT2D eigenvalue weighted by Gasteiger charge is -2.43. The third kappa shape index (κ3) is 9.20. The van der Waals surface area contributed by atoms with Crippen LogP contribution in [0.25, 0.3) is 0 Å². The van der Waals surface area contributed by atoms with Crippen LogP contribution < -0.4 is 0 Å². The standard InChI is InChI=1S/C31H60O8Si/c1-12-13-14-15-16-17-22-24(37-30(5,6)36-22)20-25-27-28(39-31(7,8)38-27)26(33-21-32-9)23(35-25)18-19-34-40(10,11)29(2,3)4/h22-28H,12-21H2,1-11H3/t22-,23+,24-,25-,26-,27-,28+/m1/s1. The van der Waals surface area contributed by atoms with Crippen molar-refractivity contribution in [3.8, 4) is 0 Å². The number of rotatable bonds is 15. The molecule has 3 fully saturated rings. The first-order valence-electron chi connectivity index (χ1n) is 15.7. The highest BCUT2D eigenvalue weighted by molar-refractivity contribution is 6.74. The van der Waals surface area contributed by atoms with E-state index in [2.05, 4.69) is 40.8 Å². The van der Waals surface area contributed by atoms with Crippen molar-refractivity contribution in [2.75, 3.05) is 20.5 Å². The van der Waals surface area contributed by atoms with E-state index in [0.717, 1.165) is 12.8 Å². The van der Waals surface area contributed by atoms with Crippen LogP contribution in [0.4, 0.5) is 0 Å². The van der Waals surface area contributed by atoms with E-state index in [1.807, 2.05) is 27.7 Å². The highest BCUT2D eigenvalue weighted by Crippen LogP contribution is 2.43. The van der Waals surface area contributed by atoms with Gasteiger partial charge in [-0.25, -0.2) is 0 Å². The molecule has 0 saturated carbocycles. The molecule has 0 radical (unpaired) electrons. The van der Waals surface area contributed by atoms with Gasteiger partial charge in [-0.1, -0.05) is 59.8 Å². The quantitative estimate of drug-likeness (QED) is 0.116. The highest BCUT2D eigenvalue weighted by Gasteiger charge is 2.57. The minimum Gasteiger partial charge on any atom is -0.417 e. The van der Waals surface area contributed by atoms with Crippen LogP contribution in [0.15, 0.2) is 0 Å². The Morgan fingerprint density at radius 1 is 0.750 bits per heavy atom. The SMILES string of the molecule is CCCCCCC[C@H]1OC(C)(C)O[C@@H]1C[C@H]1O[C@@H](CCO[Si](C)(C)C(C)(C)C)[C@@H](OCOC)[C@@H]2OC(C)(C)O[C@@H]21. The Labute approximate surface area is 245 Å². The number of hydrogen-bond acceptors (Lipinski definition) is 8. The smallest absolute Gasteiger partial charge is 0.191 e. The zero-order valence-electron chi connectivity index (χ0n) is 27.4. The lowest BCUT2D eigenvalue weighted by molar-refractivity contribution is -0.232. The van der Waals surface area contributed by atoms with E-state index >= 15 is 0 Å². The van der Waals surface area contributed by atoms with E-state index in [0.29, 0.717) is 19.4 Å². The topological polar surface area (TPSA) is 73.8 Å². The third-order valence-electron chi connectivity index (χ3n) is 8.96. The molecule has 0 aromatic heterocycles. The fourth-order valence-electron chi connectivity index (χ4n) is 5.90. The Morgan fingerprint density at radius 3 is 2.02 bits per heavy atom. The van der Waals surface area contributed by atoms with Gasteiger partial charge in [0.25, 0.3) is 0 Å². The molecule has 40 heavy (non-hydrogen) atoms. The highest BCUT2D eigenvalue weighted by atomic mass is 28.4. The van der Waals surface area contributed by atoms with Gasteiger partial charge >= 0.3 is 0 Å². The minimum atomic E-state index is -1.89. The fourth-order valence-corrected chi connectivity index (χ4v) is 6.96. The molecular weight excluding hydrogens is 528 g/mol. The Morgan fingerprint density at radius 2 is 1.38 bits per heavy atom. The number of hydrogen-bond donors (Lipinski definition) is 0. The number of ether oxygens (including phenoxy) is 7. The predicted octanol–water partition coefficient (Wildman–Crippen LogP) is 6.95. The molecular formula is C31H60O8Si. The van der Waals surface area contributed by atoms with Crippen molar-refractivity contribution >= 4 is 8.32 Å². The summed E-state index contributed by atoms with van der Waals surface area (Å²) in [6.07, 6.45) is 7.23. The molecule has 3 heterocycles. The molecule has 3 saturated heterocycles. The minimum absolute atomic E-state index is 0.0387. The Kier molecular flexibility index (Phi) is 12.1. The van der Waals surface area contributed by atoms with Crippen LogP contribution in [0.3, 0.4) is 0 Å². The lowest BCUT2D eigenvalue weighted by Crippen LogP contribution is -2.58. The second-order valence-electron chi connectivity index (χ2n) is 14.4. The molecule has 0 amide bonds. The molecule has 8 nitrogen and oxygen atoms in total. The summed E-state index contributed by atoms with van der Waals surface area (Å²) in [5, 5.41) is 0.143. The summed E-state index contributed by atoms with van der Waals surface area (Å²) in [7, 11) is -0.257. The average Bonchev–Trinajstić information content (AvgIpc) is 3.31. The maximum atomic E-state index is 6.85. The first kappa shape index (κ1) is 34.4. The largest absolute Gasteiger partial charge is 0.417 e. The molecule has 0 N–H and O–H groups in total. The Balaban J connectivity index is 1.75. The number of methoxy groups -OCH3 is 1. The van der Waals surface area contributed by atoms with Gasteiger partial charge in [-0.15, -0.1) is 0 Å². The van der Waals surface area contributed by atoms with Crippen molar-refractivity contribution in [2.24, 2.45) is 0 Å². The first-order valence-corrected chi connectivity index (χ1v) is 18.6. The van der Waals surface area contributed by atoms with Crippen molar-refractivity contribution < 1.29 is 37.6 Å². The molecule has 0 bridgehead atoms. The van der Waals surface area contributed by atoms with Crippen LogP contribution in [0.1, 0.15) is 107 Å². The summed E-state index contributed by atoms with van der Waals surface area (Å²) in [6, 6.07) is 0. The van der Waals surface area contributed by atoms with Crippen LogP contribution in [-0.4, -0.2) is 83.1 Å². The van der Waals surface area contributed by atoms with E-state index in [1.54, 1.807) is 7.11 Å². The van der Waals surface area contributed by atoms with Crippen LogP contribution in [0.5, 0.6) is 0 Å². The van der Waals surface area contributed by atoms with Crippen molar-refractivity contribution in [1.29, 1.82) is 0 Å². The van der Waals surface area contributed by atoms with Gasteiger partial charge < -0.3 is 37.6 Å². The molecule has 0 aromatic carbocycles. The van der Waals surface area contributed by atoms with Crippen LogP contribution in [0, 0.1) is 0 Å². The second kappa shape index (κ2) is 14.1. The molecule has 3 aliphatic rings. The van der Waals surface area contributed by atoms with Crippen LogP contribution >= 0.6 is 0 Å². The molecule has 236 valence electrons. The van der Waals surface area contributed by atoms with Gasteiger partial charge in [-0.05, 0) is 58.7 Å². The van der Waals surface area contributed by atoms with Crippen molar-refractivity contribution in [1.82, 2.24) is 0 Å². The van der Waals surface area contributed by atoms with Gasteiger partial charge in [0.2, 0.25) is 0 Å². The summed E-state index contributed by atoms with van der Waals surface area (Å²) >= 11 is 0. The summed E-state index contributed by atoms with van der Waals surface area (Å²) in [4.78, 5) is 0. The van der Waals surface area contributed by atoms with E-state index in [-0.39, 0.29) is 54.6 Å². The third-order valence-corrected chi connectivity index (χ3v) is 13.5. The molecule has 0 aromatic rings. The predicted molar refractivity (Wildman–Crippen MR) is 159 cm³/mol. The van der Waals surface area contributed by atoms with E-state index in [9.17, 15) is 0 Å². The zero-order chi connectivity index (χ0) is 29.8. The summed E-state index contributed by atoms with van der Waals surface area (Å²) < 4.78 is 50.7. The Bertz CT molecular complexity index is 767. The molecule has 3 aliphatic heterocycles. The Hall–Kier alpha value is -0.103. The van der Waals surface area contributed by atoms with E-state index < -0.39 is 19.9 Å². The van der Waals surface area contributed by atoms with E-state index in [1.165, 1.54) is 25.7 Å². The van der Waals surface area contributed by atoms with Crippen molar-refractivity contribution in [3.63, 3.8) is 0 Å². The molecule has 9 heteroatoms. The average molecular weight is 589 g/mol. The van der Waals surface area contributed by atoms with Gasteiger partial charge in [0.05, 0.1) is 24.4 Å². The van der Waals surface area contributed by atoms with Gasteiger partial charge in [0, 0.05) is 20.1 Å². The number of unbranched alkanes of at least 4 members (excludes halogenated alkanes) is 4. The molecule has 7 atom stereocenters. The zero-order valence-corrected chi connectivity index (χ0v) is 28.4.